The first-order valence-electron chi connectivity index (χ1n) is 9.05. The van der Waals surface area contributed by atoms with E-state index in [9.17, 15) is 4.79 Å². The lowest BCUT2D eigenvalue weighted by atomic mass is 9.95. The van der Waals surface area contributed by atoms with Crippen LogP contribution < -0.4 is 5.63 Å². The van der Waals surface area contributed by atoms with E-state index in [0.717, 1.165) is 27.5 Å². The minimum Gasteiger partial charge on any atom is -0.423 e. The number of thioether (sulfide) groups is 1. The Morgan fingerprint density at radius 3 is 2.69 bits per heavy atom. The number of fused-ring (bicyclic) bond motifs is 1. The van der Waals surface area contributed by atoms with E-state index in [-0.39, 0.29) is 5.63 Å². The molecular weight excluding hydrogens is 346 g/mol. The summed E-state index contributed by atoms with van der Waals surface area (Å²) in [6, 6.07) is 6.31. The molecule has 0 N–H and O–H groups in total. The highest BCUT2D eigenvalue weighted by molar-refractivity contribution is 7.98. The average molecular weight is 369 g/mol. The topological polar surface area (TPSA) is 60.9 Å². The van der Waals surface area contributed by atoms with Gasteiger partial charge in [-0.05, 0) is 61.4 Å². The number of aromatic nitrogens is 3. The smallest absolute Gasteiger partial charge is 0.336 e. The lowest BCUT2D eigenvalue weighted by Crippen LogP contribution is -2.03. The van der Waals surface area contributed by atoms with Gasteiger partial charge >= 0.3 is 5.63 Å². The Balaban J connectivity index is 1.72. The van der Waals surface area contributed by atoms with Crippen molar-refractivity contribution in [3.8, 4) is 0 Å². The second-order valence-corrected chi connectivity index (χ2v) is 8.31. The van der Waals surface area contributed by atoms with Gasteiger partial charge in [-0.1, -0.05) is 25.6 Å². The molecule has 4 rings (SSSR count). The van der Waals surface area contributed by atoms with Crippen molar-refractivity contribution in [2.75, 3.05) is 0 Å². The molecule has 0 radical (unpaired) electrons. The highest BCUT2D eigenvalue weighted by atomic mass is 32.2. The van der Waals surface area contributed by atoms with Gasteiger partial charge in [0.05, 0.1) is 0 Å². The third kappa shape index (κ3) is 3.18. The van der Waals surface area contributed by atoms with Gasteiger partial charge in [0, 0.05) is 23.2 Å². The van der Waals surface area contributed by atoms with E-state index in [1.807, 2.05) is 13.0 Å². The number of nitrogens with zero attached hydrogens (tertiary/aromatic N) is 3. The Bertz CT molecular complexity index is 1030. The fourth-order valence-electron chi connectivity index (χ4n) is 3.48. The third-order valence-corrected chi connectivity index (χ3v) is 5.93. The fourth-order valence-corrected chi connectivity index (χ4v) is 4.52. The summed E-state index contributed by atoms with van der Waals surface area (Å²) in [6.45, 7) is 8.43. The van der Waals surface area contributed by atoms with Crippen molar-refractivity contribution in [1.29, 1.82) is 0 Å². The van der Waals surface area contributed by atoms with Crippen molar-refractivity contribution < 1.29 is 4.42 Å². The lowest BCUT2D eigenvalue weighted by Gasteiger charge is -2.13. The van der Waals surface area contributed by atoms with Crippen molar-refractivity contribution in [2.24, 2.45) is 0 Å². The van der Waals surface area contributed by atoms with Crippen LogP contribution in [0.1, 0.15) is 61.2 Å². The summed E-state index contributed by atoms with van der Waals surface area (Å²) in [4.78, 5) is 12.0. The number of hydrogen-bond acceptors (Lipinski definition) is 5. The molecule has 1 fully saturated rings. The predicted molar refractivity (Wildman–Crippen MR) is 104 cm³/mol. The van der Waals surface area contributed by atoms with Gasteiger partial charge in [0.25, 0.3) is 0 Å². The van der Waals surface area contributed by atoms with Crippen molar-refractivity contribution in [2.45, 2.75) is 63.4 Å². The summed E-state index contributed by atoms with van der Waals surface area (Å²) in [6.07, 6.45) is 2.39. The van der Waals surface area contributed by atoms with Gasteiger partial charge in [-0.3, -0.25) is 0 Å². The van der Waals surface area contributed by atoms with Crippen LogP contribution in [0, 0.1) is 13.8 Å². The standard InChI is InChI=1S/C20H23N3O2S/c1-11(2)16-9-17-14(8-19(24)25-18(17)7-12(16)3)10-26-20-22-21-13(4)23(20)15-5-6-15/h7-9,11,15H,5-6,10H2,1-4H3. The van der Waals surface area contributed by atoms with Gasteiger partial charge in [0.1, 0.15) is 11.4 Å². The maximum atomic E-state index is 12.0. The van der Waals surface area contributed by atoms with Gasteiger partial charge in [-0.15, -0.1) is 10.2 Å². The normalized spacial score (nSPS) is 14.5. The summed E-state index contributed by atoms with van der Waals surface area (Å²) in [5.74, 6) is 2.06. The van der Waals surface area contributed by atoms with Crippen LogP contribution in [-0.2, 0) is 5.75 Å². The van der Waals surface area contributed by atoms with E-state index in [4.69, 9.17) is 4.42 Å². The van der Waals surface area contributed by atoms with E-state index in [1.165, 1.54) is 18.4 Å². The summed E-state index contributed by atoms with van der Waals surface area (Å²) < 4.78 is 7.67. The van der Waals surface area contributed by atoms with Crippen LogP contribution in [0.15, 0.2) is 32.6 Å². The van der Waals surface area contributed by atoms with E-state index in [0.29, 0.717) is 23.3 Å². The first-order chi connectivity index (χ1) is 12.4. The van der Waals surface area contributed by atoms with Crippen LogP contribution in [0.4, 0.5) is 0 Å². The van der Waals surface area contributed by atoms with Crippen molar-refractivity contribution >= 4 is 22.7 Å². The van der Waals surface area contributed by atoms with Crippen molar-refractivity contribution in [1.82, 2.24) is 14.8 Å². The molecule has 26 heavy (non-hydrogen) atoms. The molecule has 0 saturated heterocycles. The summed E-state index contributed by atoms with van der Waals surface area (Å²) in [5, 5.41) is 10.5. The molecule has 0 amide bonds. The SMILES string of the molecule is Cc1cc2oc(=O)cc(CSc3nnc(C)n3C3CC3)c2cc1C(C)C. The Morgan fingerprint density at radius 2 is 2.00 bits per heavy atom. The molecule has 0 aliphatic heterocycles. The molecule has 1 saturated carbocycles. The number of hydrogen-bond donors (Lipinski definition) is 0. The van der Waals surface area contributed by atoms with Gasteiger partial charge in [0.2, 0.25) is 0 Å². The van der Waals surface area contributed by atoms with E-state index >= 15 is 0 Å². The Kier molecular flexibility index (Phi) is 4.39. The number of rotatable bonds is 5. The second-order valence-electron chi connectivity index (χ2n) is 7.37. The molecule has 0 bridgehead atoms. The molecule has 2 heterocycles. The predicted octanol–water partition coefficient (Wildman–Crippen LogP) is 4.75. The molecule has 2 aromatic heterocycles. The summed E-state index contributed by atoms with van der Waals surface area (Å²) in [7, 11) is 0. The van der Waals surface area contributed by atoms with E-state index < -0.39 is 0 Å². The maximum absolute atomic E-state index is 12.0. The molecule has 1 aliphatic carbocycles. The largest absolute Gasteiger partial charge is 0.423 e. The summed E-state index contributed by atoms with van der Waals surface area (Å²) in [5.41, 5.74) is 3.80. The number of benzene rings is 1. The molecule has 1 aliphatic rings. The highest BCUT2D eigenvalue weighted by Crippen LogP contribution is 2.39. The van der Waals surface area contributed by atoms with Crippen molar-refractivity contribution in [3.63, 3.8) is 0 Å². The van der Waals surface area contributed by atoms with Gasteiger partial charge < -0.3 is 8.98 Å². The molecule has 0 unspecified atom stereocenters. The second kappa shape index (κ2) is 6.58. The molecule has 1 aromatic carbocycles. The molecular formula is C20H23N3O2S. The zero-order valence-electron chi connectivity index (χ0n) is 15.6. The first kappa shape index (κ1) is 17.3. The van der Waals surface area contributed by atoms with Crippen LogP contribution in [0.3, 0.4) is 0 Å². The Morgan fingerprint density at radius 1 is 1.23 bits per heavy atom. The quantitative estimate of drug-likeness (QED) is 0.480. The minimum absolute atomic E-state index is 0.301. The monoisotopic (exact) mass is 369 g/mol. The average Bonchev–Trinajstić information content (AvgIpc) is 3.34. The summed E-state index contributed by atoms with van der Waals surface area (Å²) >= 11 is 1.64. The Hall–Kier alpha value is -2.08. The van der Waals surface area contributed by atoms with Crippen LogP contribution in [0.25, 0.3) is 11.0 Å². The van der Waals surface area contributed by atoms with Crippen LogP contribution in [-0.4, -0.2) is 14.8 Å². The molecule has 6 heteroatoms. The maximum Gasteiger partial charge on any atom is 0.336 e. The van der Waals surface area contributed by atoms with Gasteiger partial charge in [-0.25, -0.2) is 4.79 Å². The van der Waals surface area contributed by atoms with Gasteiger partial charge in [0.15, 0.2) is 5.16 Å². The Labute approximate surface area is 156 Å². The first-order valence-corrected chi connectivity index (χ1v) is 10.0. The highest BCUT2D eigenvalue weighted by Gasteiger charge is 2.28. The molecule has 0 spiro atoms. The molecule has 0 atom stereocenters. The molecule has 5 nitrogen and oxygen atoms in total. The lowest BCUT2D eigenvalue weighted by molar-refractivity contribution is 0.559. The van der Waals surface area contributed by atoms with E-state index in [1.54, 1.807) is 17.8 Å². The zero-order valence-corrected chi connectivity index (χ0v) is 16.4. The molecule has 136 valence electrons. The number of aryl methyl sites for hydroxylation is 2. The van der Waals surface area contributed by atoms with Crippen molar-refractivity contribution in [3.05, 3.63) is 51.1 Å². The zero-order chi connectivity index (χ0) is 18.4. The van der Waals surface area contributed by atoms with Crippen LogP contribution in [0.5, 0.6) is 0 Å². The third-order valence-electron chi connectivity index (χ3n) is 4.94. The van der Waals surface area contributed by atoms with E-state index in [2.05, 4.69) is 41.6 Å². The van der Waals surface area contributed by atoms with Crippen LogP contribution in [0.2, 0.25) is 0 Å². The van der Waals surface area contributed by atoms with Gasteiger partial charge in [-0.2, -0.15) is 0 Å². The molecule has 3 aromatic rings. The minimum atomic E-state index is -0.301. The van der Waals surface area contributed by atoms with Crippen LogP contribution >= 0.6 is 11.8 Å². The fraction of sp³-hybridized carbons (Fsp3) is 0.450.